The Hall–Kier alpha value is -1.42. The van der Waals surface area contributed by atoms with Crippen LogP contribution in [0.4, 0.5) is 0 Å². The first-order chi connectivity index (χ1) is 9.15. The molecule has 1 N–H and O–H groups in total. The van der Waals surface area contributed by atoms with E-state index >= 15 is 0 Å². The molecule has 0 spiro atoms. The number of carbonyl (C=O) groups is 1. The van der Waals surface area contributed by atoms with Crippen LogP contribution in [0.1, 0.15) is 23.2 Å². The second-order valence-corrected chi connectivity index (χ2v) is 5.19. The number of benzene rings is 1. The van der Waals surface area contributed by atoms with Gasteiger partial charge in [0.1, 0.15) is 11.5 Å². The van der Waals surface area contributed by atoms with Crippen molar-refractivity contribution < 1.29 is 14.3 Å². The Bertz CT molecular complexity index is 460. The van der Waals surface area contributed by atoms with Gasteiger partial charge in [0.2, 0.25) is 0 Å². The molecule has 1 aromatic rings. The SMILES string of the molecule is COc1ccc(OC)c(C(=O)NCC(Cl)C2CC2)c1. The Morgan fingerprint density at radius 2 is 2.16 bits per heavy atom. The normalized spacial score (nSPS) is 15.7. The van der Waals surface area contributed by atoms with E-state index in [9.17, 15) is 4.79 Å². The van der Waals surface area contributed by atoms with Gasteiger partial charge >= 0.3 is 0 Å². The Balaban J connectivity index is 2.03. The number of nitrogens with one attached hydrogen (secondary N) is 1. The summed E-state index contributed by atoms with van der Waals surface area (Å²) < 4.78 is 10.3. The second-order valence-electron chi connectivity index (χ2n) is 4.63. The number of methoxy groups -OCH3 is 2. The first-order valence-electron chi connectivity index (χ1n) is 6.30. The summed E-state index contributed by atoms with van der Waals surface area (Å²) in [4.78, 5) is 12.1. The monoisotopic (exact) mass is 283 g/mol. The zero-order valence-corrected chi connectivity index (χ0v) is 11.9. The van der Waals surface area contributed by atoms with E-state index in [1.165, 1.54) is 7.11 Å². The van der Waals surface area contributed by atoms with E-state index < -0.39 is 0 Å². The van der Waals surface area contributed by atoms with Crippen LogP contribution in [-0.4, -0.2) is 32.0 Å². The summed E-state index contributed by atoms with van der Waals surface area (Å²) in [7, 11) is 3.10. The third-order valence-corrected chi connectivity index (χ3v) is 3.75. The number of rotatable bonds is 6. The highest BCUT2D eigenvalue weighted by molar-refractivity contribution is 6.21. The molecule has 2 rings (SSSR count). The number of ether oxygens (including phenoxy) is 2. The molecule has 0 aliphatic heterocycles. The van der Waals surface area contributed by atoms with Crippen LogP contribution in [0, 0.1) is 5.92 Å². The molecule has 0 heterocycles. The molecule has 1 amide bonds. The van der Waals surface area contributed by atoms with Crippen LogP contribution in [0.3, 0.4) is 0 Å². The Labute approximate surface area is 118 Å². The van der Waals surface area contributed by atoms with Gasteiger partial charge in [0.15, 0.2) is 0 Å². The molecular formula is C14H18ClNO3. The first kappa shape index (κ1) is 14.0. The van der Waals surface area contributed by atoms with Crippen LogP contribution in [-0.2, 0) is 0 Å². The van der Waals surface area contributed by atoms with E-state index in [4.69, 9.17) is 21.1 Å². The van der Waals surface area contributed by atoms with Crippen LogP contribution in [0.25, 0.3) is 0 Å². The molecule has 1 aliphatic carbocycles. The van der Waals surface area contributed by atoms with Gasteiger partial charge in [-0.3, -0.25) is 4.79 Å². The number of hydrogen-bond acceptors (Lipinski definition) is 3. The van der Waals surface area contributed by atoms with Gasteiger partial charge < -0.3 is 14.8 Å². The molecule has 0 saturated heterocycles. The van der Waals surface area contributed by atoms with Crippen molar-refractivity contribution in [3.8, 4) is 11.5 Å². The third kappa shape index (κ3) is 3.53. The van der Waals surface area contributed by atoms with Crippen molar-refractivity contribution in [2.24, 2.45) is 5.92 Å². The van der Waals surface area contributed by atoms with Gasteiger partial charge in [-0.1, -0.05) is 0 Å². The van der Waals surface area contributed by atoms with E-state index in [2.05, 4.69) is 5.32 Å². The average molecular weight is 284 g/mol. The van der Waals surface area contributed by atoms with Gasteiger partial charge in [-0.05, 0) is 37.0 Å². The van der Waals surface area contributed by atoms with Crippen molar-refractivity contribution in [3.05, 3.63) is 23.8 Å². The van der Waals surface area contributed by atoms with E-state index in [0.717, 1.165) is 12.8 Å². The lowest BCUT2D eigenvalue weighted by atomic mass is 10.1. The maximum absolute atomic E-state index is 12.1. The minimum atomic E-state index is -0.193. The zero-order valence-electron chi connectivity index (χ0n) is 11.1. The summed E-state index contributed by atoms with van der Waals surface area (Å²) in [6, 6.07) is 5.13. The lowest BCUT2D eigenvalue weighted by Gasteiger charge is -2.12. The topological polar surface area (TPSA) is 47.6 Å². The van der Waals surface area contributed by atoms with Gasteiger partial charge in [-0.25, -0.2) is 0 Å². The maximum Gasteiger partial charge on any atom is 0.255 e. The molecule has 1 aliphatic rings. The zero-order chi connectivity index (χ0) is 13.8. The van der Waals surface area contributed by atoms with E-state index in [0.29, 0.717) is 29.5 Å². The van der Waals surface area contributed by atoms with Crippen LogP contribution < -0.4 is 14.8 Å². The molecule has 5 heteroatoms. The van der Waals surface area contributed by atoms with Crippen molar-refractivity contribution in [1.29, 1.82) is 0 Å². The summed E-state index contributed by atoms with van der Waals surface area (Å²) in [5, 5.41) is 2.85. The molecule has 1 aromatic carbocycles. The highest BCUT2D eigenvalue weighted by Gasteiger charge is 2.30. The number of carbonyl (C=O) groups excluding carboxylic acids is 1. The van der Waals surface area contributed by atoms with Gasteiger partial charge in [0, 0.05) is 6.54 Å². The average Bonchev–Trinajstić information content (AvgIpc) is 3.28. The smallest absolute Gasteiger partial charge is 0.255 e. The molecule has 19 heavy (non-hydrogen) atoms. The Kier molecular flexibility index (Phi) is 4.53. The molecule has 0 radical (unpaired) electrons. The molecule has 1 unspecified atom stereocenters. The molecule has 104 valence electrons. The predicted molar refractivity (Wildman–Crippen MR) is 74.2 cm³/mol. The summed E-state index contributed by atoms with van der Waals surface area (Å²) >= 11 is 6.17. The minimum Gasteiger partial charge on any atom is -0.497 e. The molecule has 0 aromatic heterocycles. The van der Waals surface area contributed by atoms with Crippen molar-refractivity contribution in [1.82, 2.24) is 5.32 Å². The fourth-order valence-electron chi connectivity index (χ4n) is 1.90. The quantitative estimate of drug-likeness (QED) is 0.816. The van der Waals surface area contributed by atoms with Crippen molar-refractivity contribution >= 4 is 17.5 Å². The van der Waals surface area contributed by atoms with E-state index in [-0.39, 0.29) is 11.3 Å². The van der Waals surface area contributed by atoms with Gasteiger partial charge in [-0.15, -0.1) is 11.6 Å². The molecule has 1 saturated carbocycles. The molecule has 1 fully saturated rings. The van der Waals surface area contributed by atoms with Gasteiger partial charge in [0.25, 0.3) is 5.91 Å². The van der Waals surface area contributed by atoms with Gasteiger partial charge in [-0.2, -0.15) is 0 Å². The summed E-state index contributed by atoms with van der Waals surface area (Å²) in [5.74, 6) is 1.50. The Morgan fingerprint density at radius 1 is 1.42 bits per heavy atom. The fraction of sp³-hybridized carbons (Fsp3) is 0.500. The van der Waals surface area contributed by atoms with Crippen LogP contribution in [0.2, 0.25) is 0 Å². The lowest BCUT2D eigenvalue weighted by molar-refractivity contribution is 0.0949. The largest absolute Gasteiger partial charge is 0.497 e. The molecule has 1 atom stereocenters. The number of halogens is 1. The summed E-state index contributed by atoms with van der Waals surface area (Å²) in [6.45, 7) is 0.478. The standard InChI is InChI=1S/C14H18ClNO3/c1-18-10-5-6-13(19-2)11(7-10)14(17)16-8-12(15)9-3-4-9/h5-7,9,12H,3-4,8H2,1-2H3,(H,16,17). The fourth-order valence-corrected chi connectivity index (χ4v) is 2.23. The maximum atomic E-state index is 12.1. The van der Waals surface area contributed by atoms with E-state index in [1.807, 2.05) is 0 Å². The number of hydrogen-bond donors (Lipinski definition) is 1. The van der Waals surface area contributed by atoms with Crippen LogP contribution >= 0.6 is 11.6 Å². The first-order valence-corrected chi connectivity index (χ1v) is 6.73. The Morgan fingerprint density at radius 3 is 2.74 bits per heavy atom. The molecule has 0 bridgehead atoms. The molecular weight excluding hydrogens is 266 g/mol. The van der Waals surface area contributed by atoms with Crippen molar-refractivity contribution in [3.63, 3.8) is 0 Å². The van der Waals surface area contributed by atoms with Crippen LogP contribution in [0.15, 0.2) is 18.2 Å². The highest BCUT2D eigenvalue weighted by Crippen LogP contribution is 2.35. The predicted octanol–water partition coefficient (Wildman–Crippen LogP) is 2.45. The summed E-state index contributed by atoms with van der Waals surface area (Å²) in [5.41, 5.74) is 0.460. The third-order valence-electron chi connectivity index (χ3n) is 3.24. The lowest BCUT2D eigenvalue weighted by Crippen LogP contribution is -2.30. The second kappa shape index (κ2) is 6.15. The van der Waals surface area contributed by atoms with Crippen molar-refractivity contribution in [2.45, 2.75) is 18.2 Å². The van der Waals surface area contributed by atoms with E-state index in [1.54, 1.807) is 25.3 Å². The minimum absolute atomic E-state index is 0.0144. The summed E-state index contributed by atoms with van der Waals surface area (Å²) in [6.07, 6.45) is 2.32. The number of amides is 1. The number of alkyl halides is 1. The van der Waals surface area contributed by atoms with Gasteiger partial charge in [0.05, 0.1) is 25.2 Å². The van der Waals surface area contributed by atoms with Crippen LogP contribution in [0.5, 0.6) is 11.5 Å². The molecule has 4 nitrogen and oxygen atoms in total. The highest BCUT2D eigenvalue weighted by atomic mass is 35.5. The van der Waals surface area contributed by atoms with Crippen molar-refractivity contribution in [2.75, 3.05) is 20.8 Å².